The van der Waals surface area contributed by atoms with Crippen LogP contribution in [0.1, 0.15) is 33.6 Å². The van der Waals surface area contributed by atoms with E-state index in [0.717, 1.165) is 19.4 Å². The van der Waals surface area contributed by atoms with Crippen LogP contribution in [0, 0.1) is 5.92 Å². The van der Waals surface area contributed by atoms with Crippen molar-refractivity contribution in [1.29, 1.82) is 0 Å². The number of nitrogen functional groups attached to an aromatic ring is 1. The van der Waals surface area contributed by atoms with E-state index < -0.39 is 0 Å². The van der Waals surface area contributed by atoms with Crippen LogP contribution in [0.4, 0.5) is 11.5 Å². The number of ether oxygens (including phenoxy) is 2. The fourth-order valence-electron chi connectivity index (χ4n) is 1.50. The molecule has 0 aliphatic heterocycles. The minimum absolute atomic E-state index is 0.435. The van der Waals surface area contributed by atoms with Crippen molar-refractivity contribution >= 4 is 11.5 Å². The predicted octanol–water partition coefficient (Wildman–Crippen LogP) is 2.32. The van der Waals surface area contributed by atoms with Gasteiger partial charge in [0.2, 0.25) is 5.88 Å². The fourth-order valence-corrected chi connectivity index (χ4v) is 1.50. The molecule has 0 aromatic carbocycles. The van der Waals surface area contributed by atoms with Gasteiger partial charge in [0, 0.05) is 13.2 Å². The van der Waals surface area contributed by atoms with Gasteiger partial charge < -0.3 is 20.5 Å². The molecule has 0 unspecified atom stereocenters. The Balaban J connectivity index is 2.32. The van der Waals surface area contributed by atoms with Gasteiger partial charge >= 0.3 is 0 Å². The molecule has 114 valence electrons. The lowest BCUT2D eigenvalue weighted by atomic mass is 10.1. The summed E-state index contributed by atoms with van der Waals surface area (Å²) in [5, 5.41) is 3.14. The van der Waals surface area contributed by atoms with Crippen molar-refractivity contribution < 1.29 is 9.47 Å². The first-order valence-electron chi connectivity index (χ1n) is 7.20. The first-order valence-corrected chi connectivity index (χ1v) is 7.20. The van der Waals surface area contributed by atoms with E-state index in [1.807, 2.05) is 6.92 Å². The molecular formula is C14H26N4O2. The molecule has 1 rings (SSSR count). The molecule has 3 N–H and O–H groups in total. The molecule has 1 heterocycles. The maximum atomic E-state index is 5.95. The minimum Gasteiger partial charge on any atom is -0.476 e. The summed E-state index contributed by atoms with van der Waals surface area (Å²) in [6, 6.07) is 0. The summed E-state index contributed by atoms with van der Waals surface area (Å²) in [5.74, 6) is 1.70. The molecule has 0 bridgehead atoms. The van der Waals surface area contributed by atoms with Crippen LogP contribution >= 0.6 is 0 Å². The average molecular weight is 282 g/mol. The SMILES string of the molecule is CCCOc1ncnc(NCCOCCC(C)C)c1N. The smallest absolute Gasteiger partial charge is 0.242 e. The number of hydrogen-bond acceptors (Lipinski definition) is 6. The fraction of sp³-hybridized carbons (Fsp3) is 0.714. The standard InChI is InChI=1S/C14H26N4O2/c1-4-7-20-14-12(15)13(17-10-18-14)16-6-9-19-8-5-11(2)3/h10-11H,4-9,15H2,1-3H3,(H,16,17,18). The molecule has 0 spiro atoms. The molecule has 6 nitrogen and oxygen atoms in total. The number of nitrogens with one attached hydrogen (secondary N) is 1. The van der Waals surface area contributed by atoms with Gasteiger partial charge in [-0.2, -0.15) is 4.98 Å². The van der Waals surface area contributed by atoms with Gasteiger partial charge in [0.15, 0.2) is 5.82 Å². The molecule has 0 saturated heterocycles. The van der Waals surface area contributed by atoms with E-state index >= 15 is 0 Å². The molecule has 0 aliphatic carbocycles. The lowest BCUT2D eigenvalue weighted by molar-refractivity contribution is 0.132. The highest BCUT2D eigenvalue weighted by Crippen LogP contribution is 2.24. The second-order valence-corrected chi connectivity index (χ2v) is 5.01. The van der Waals surface area contributed by atoms with Gasteiger partial charge in [0.1, 0.15) is 12.0 Å². The number of nitrogens with zero attached hydrogens (tertiary/aromatic N) is 2. The van der Waals surface area contributed by atoms with Gasteiger partial charge in [0.25, 0.3) is 0 Å². The van der Waals surface area contributed by atoms with E-state index in [-0.39, 0.29) is 0 Å². The first kappa shape index (κ1) is 16.5. The molecular weight excluding hydrogens is 256 g/mol. The van der Waals surface area contributed by atoms with Crippen LogP contribution in [0.5, 0.6) is 5.88 Å². The second kappa shape index (κ2) is 9.36. The normalized spacial score (nSPS) is 10.8. The van der Waals surface area contributed by atoms with Crippen molar-refractivity contribution in [2.45, 2.75) is 33.6 Å². The highest BCUT2D eigenvalue weighted by molar-refractivity contribution is 5.66. The van der Waals surface area contributed by atoms with Gasteiger partial charge in [-0.15, -0.1) is 0 Å². The Bertz CT molecular complexity index is 385. The number of rotatable bonds is 10. The monoisotopic (exact) mass is 282 g/mol. The molecule has 0 amide bonds. The second-order valence-electron chi connectivity index (χ2n) is 5.01. The van der Waals surface area contributed by atoms with Crippen molar-refractivity contribution in [3.8, 4) is 5.88 Å². The zero-order chi connectivity index (χ0) is 14.8. The lowest BCUT2D eigenvalue weighted by Crippen LogP contribution is -2.14. The molecule has 0 radical (unpaired) electrons. The quantitative estimate of drug-likeness (QED) is 0.641. The third kappa shape index (κ3) is 6.06. The molecule has 0 aliphatic rings. The van der Waals surface area contributed by atoms with E-state index in [0.29, 0.717) is 43.1 Å². The Morgan fingerprint density at radius 1 is 1.25 bits per heavy atom. The topological polar surface area (TPSA) is 82.3 Å². The van der Waals surface area contributed by atoms with Crippen molar-refractivity contribution in [2.24, 2.45) is 5.92 Å². The van der Waals surface area contributed by atoms with Gasteiger partial charge in [-0.25, -0.2) is 4.98 Å². The summed E-state index contributed by atoms with van der Waals surface area (Å²) in [5.41, 5.74) is 6.40. The summed E-state index contributed by atoms with van der Waals surface area (Å²) in [6.45, 7) is 9.06. The van der Waals surface area contributed by atoms with Crippen LogP contribution in [0.15, 0.2) is 6.33 Å². The summed E-state index contributed by atoms with van der Waals surface area (Å²) in [4.78, 5) is 8.13. The van der Waals surface area contributed by atoms with Crippen molar-refractivity contribution in [3.63, 3.8) is 0 Å². The summed E-state index contributed by atoms with van der Waals surface area (Å²) < 4.78 is 11.0. The highest BCUT2D eigenvalue weighted by Gasteiger charge is 2.08. The third-order valence-electron chi connectivity index (χ3n) is 2.67. The third-order valence-corrected chi connectivity index (χ3v) is 2.67. The van der Waals surface area contributed by atoms with Crippen LogP contribution in [-0.2, 0) is 4.74 Å². The van der Waals surface area contributed by atoms with Crippen molar-refractivity contribution in [2.75, 3.05) is 37.4 Å². The zero-order valence-electron chi connectivity index (χ0n) is 12.7. The first-order chi connectivity index (χ1) is 9.65. The van der Waals surface area contributed by atoms with Crippen LogP contribution in [-0.4, -0.2) is 36.3 Å². The number of anilines is 2. The molecule has 1 aromatic rings. The van der Waals surface area contributed by atoms with Gasteiger partial charge in [0.05, 0.1) is 13.2 Å². The van der Waals surface area contributed by atoms with E-state index in [4.69, 9.17) is 15.2 Å². The predicted molar refractivity (Wildman–Crippen MR) is 81.0 cm³/mol. The van der Waals surface area contributed by atoms with Crippen LogP contribution in [0.3, 0.4) is 0 Å². The van der Waals surface area contributed by atoms with Crippen LogP contribution in [0.25, 0.3) is 0 Å². The number of nitrogens with two attached hydrogens (primary N) is 1. The van der Waals surface area contributed by atoms with Crippen molar-refractivity contribution in [3.05, 3.63) is 6.33 Å². The molecule has 0 atom stereocenters. The summed E-state index contributed by atoms with van der Waals surface area (Å²) >= 11 is 0. The maximum Gasteiger partial charge on any atom is 0.242 e. The Hall–Kier alpha value is -1.56. The Kier molecular flexibility index (Phi) is 7.72. The van der Waals surface area contributed by atoms with Gasteiger partial charge in [-0.1, -0.05) is 20.8 Å². The minimum atomic E-state index is 0.435. The molecule has 0 saturated carbocycles. The van der Waals surface area contributed by atoms with Gasteiger partial charge in [-0.05, 0) is 18.8 Å². The Morgan fingerprint density at radius 3 is 2.75 bits per heavy atom. The number of hydrogen-bond donors (Lipinski definition) is 2. The average Bonchev–Trinajstić information content (AvgIpc) is 2.42. The van der Waals surface area contributed by atoms with Crippen molar-refractivity contribution in [1.82, 2.24) is 9.97 Å². The van der Waals surface area contributed by atoms with Crippen LogP contribution in [0.2, 0.25) is 0 Å². The largest absolute Gasteiger partial charge is 0.476 e. The van der Waals surface area contributed by atoms with E-state index in [2.05, 4.69) is 29.1 Å². The van der Waals surface area contributed by atoms with E-state index in [1.165, 1.54) is 6.33 Å². The highest BCUT2D eigenvalue weighted by atomic mass is 16.5. The van der Waals surface area contributed by atoms with E-state index in [9.17, 15) is 0 Å². The summed E-state index contributed by atoms with van der Waals surface area (Å²) in [6.07, 6.45) is 3.43. The molecule has 6 heteroatoms. The zero-order valence-corrected chi connectivity index (χ0v) is 12.7. The van der Waals surface area contributed by atoms with E-state index in [1.54, 1.807) is 0 Å². The maximum absolute atomic E-state index is 5.95. The Morgan fingerprint density at radius 2 is 2.05 bits per heavy atom. The Labute approximate surface area is 121 Å². The van der Waals surface area contributed by atoms with Crippen LogP contribution < -0.4 is 15.8 Å². The molecule has 20 heavy (non-hydrogen) atoms. The summed E-state index contributed by atoms with van der Waals surface area (Å²) in [7, 11) is 0. The molecule has 1 aromatic heterocycles. The lowest BCUT2D eigenvalue weighted by Gasteiger charge is -2.12. The number of aromatic nitrogens is 2. The van der Waals surface area contributed by atoms with Gasteiger partial charge in [-0.3, -0.25) is 0 Å². The molecule has 0 fully saturated rings.